The zero-order chi connectivity index (χ0) is 24.2. The number of aromatic nitrogens is 3. The standard InChI is InChI=1S/C24H26N6O4S/c1-33-23-8-5-19(14-22(23)29-9-11-34-12-10-29)27-24-25-16-20-6-7-21(30(20)28-24)18-4-2-3-17(13-18)15-26-35(31)32/h2-8,13-14,16,35H,9-12,15H2,1H3,(H,27,28)(H,26,31,32). The summed E-state index contributed by atoms with van der Waals surface area (Å²) in [6.07, 6.45) is 1.76. The lowest BCUT2D eigenvalue weighted by molar-refractivity contribution is 0.122. The van der Waals surface area contributed by atoms with E-state index in [9.17, 15) is 8.42 Å². The minimum absolute atomic E-state index is 0.237. The van der Waals surface area contributed by atoms with Crippen molar-refractivity contribution < 1.29 is 17.9 Å². The summed E-state index contributed by atoms with van der Waals surface area (Å²) in [5.41, 5.74) is 5.35. The summed E-state index contributed by atoms with van der Waals surface area (Å²) in [6.45, 7) is 3.21. The highest BCUT2D eigenvalue weighted by molar-refractivity contribution is 7.70. The monoisotopic (exact) mass is 494 g/mol. The number of fused-ring (bicyclic) bond motifs is 1. The first-order chi connectivity index (χ1) is 17.1. The van der Waals surface area contributed by atoms with Crippen LogP contribution < -0.4 is 19.7 Å². The maximum absolute atomic E-state index is 10.9. The summed E-state index contributed by atoms with van der Waals surface area (Å²) in [5.74, 6) is 1.26. The van der Waals surface area contributed by atoms with Gasteiger partial charge < -0.3 is 19.7 Å². The minimum Gasteiger partial charge on any atom is -0.495 e. The van der Waals surface area contributed by atoms with Gasteiger partial charge in [-0.2, -0.15) is 0 Å². The average molecular weight is 495 g/mol. The average Bonchev–Trinajstić information content (AvgIpc) is 3.31. The second-order valence-electron chi connectivity index (χ2n) is 8.04. The molecule has 0 unspecified atom stereocenters. The summed E-state index contributed by atoms with van der Waals surface area (Å²) in [6, 6.07) is 17.5. The van der Waals surface area contributed by atoms with E-state index < -0.39 is 10.9 Å². The number of rotatable bonds is 8. The fourth-order valence-corrected chi connectivity index (χ4v) is 4.43. The predicted octanol–water partition coefficient (Wildman–Crippen LogP) is 2.60. The largest absolute Gasteiger partial charge is 0.495 e. The lowest BCUT2D eigenvalue weighted by atomic mass is 10.1. The van der Waals surface area contributed by atoms with Crippen molar-refractivity contribution in [2.45, 2.75) is 6.54 Å². The molecule has 1 saturated heterocycles. The molecule has 10 nitrogen and oxygen atoms in total. The van der Waals surface area contributed by atoms with Gasteiger partial charge in [-0.25, -0.2) is 22.6 Å². The molecule has 0 radical (unpaired) electrons. The first kappa shape index (κ1) is 23.1. The Kier molecular flexibility index (Phi) is 6.80. The molecule has 182 valence electrons. The van der Waals surface area contributed by atoms with Crippen LogP contribution in [0.5, 0.6) is 5.75 Å². The number of methoxy groups -OCH3 is 1. The van der Waals surface area contributed by atoms with Crippen molar-refractivity contribution in [2.75, 3.05) is 43.6 Å². The van der Waals surface area contributed by atoms with Crippen molar-refractivity contribution >= 4 is 33.7 Å². The first-order valence-electron chi connectivity index (χ1n) is 11.2. The van der Waals surface area contributed by atoms with Gasteiger partial charge in [-0.3, -0.25) is 0 Å². The number of ether oxygens (including phenoxy) is 2. The van der Waals surface area contributed by atoms with Crippen molar-refractivity contribution in [3.05, 3.63) is 66.4 Å². The Labute approximate surface area is 204 Å². The lowest BCUT2D eigenvalue weighted by Gasteiger charge is -2.30. The normalized spacial score (nSPS) is 13.9. The van der Waals surface area contributed by atoms with Crippen molar-refractivity contribution in [3.63, 3.8) is 0 Å². The summed E-state index contributed by atoms with van der Waals surface area (Å²) in [7, 11) is -0.978. The molecule has 0 atom stereocenters. The van der Waals surface area contributed by atoms with Gasteiger partial charge in [-0.15, -0.1) is 5.10 Å². The quantitative estimate of drug-likeness (QED) is 0.321. The van der Waals surface area contributed by atoms with Crippen LogP contribution in [0.25, 0.3) is 16.8 Å². The van der Waals surface area contributed by atoms with Gasteiger partial charge in [0.2, 0.25) is 16.8 Å². The second kappa shape index (κ2) is 10.3. The number of thiol groups is 1. The molecular weight excluding hydrogens is 468 g/mol. The van der Waals surface area contributed by atoms with Crippen LogP contribution in [0.3, 0.4) is 0 Å². The van der Waals surface area contributed by atoms with E-state index in [2.05, 4.69) is 19.9 Å². The van der Waals surface area contributed by atoms with Crippen molar-refractivity contribution in [1.29, 1.82) is 0 Å². The number of hydrogen-bond acceptors (Lipinski definition) is 8. The van der Waals surface area contributed by atoms with Gasteiger partial charge in [0, 0.05) is 30.9 Å². The molecule has 0 bridgehead atoms. The van der Waals surface area contributed by atoms with Gasteiger partial charge in [0.25, 0.3) is 0 Å². The topological polar surface area (TPSA) is 110 Å². The molecule has 11 heteroatoms. The van der Waals surface area contributed by atoms with E-state index in [0.29, 0.717) is 19.2 Å². The van der Waals surface area contributed by atoms with Crippen LogP contribution >= 0.6 is 0 Å². The van der Waals surface area contributed by atoms with E-state index in [1.165, 1.54) is 0 Å². The summed E-state index contributed by atoms with van der Waals surface area (Å²) in [5, 5.41) is 8.02. The molecule has 0 amide bonds. The highest BCUT2D eigenvalue weighted by Crippen LogP contribution is 2.33. The van der Waals surface area contributed by atoms with Gasteiger partial charge in [0.15, 0.2) is 0 Å². The predicted molar refractivity (Wildman–Crippen MR) is 135 cm³/mol. The van der Waals surface area contributed by atoms with Crippen LogP contribution in [0.15, 0.2) is 60.8 Å². The molecule has 2 aromatic heterocycles. The highest BCUT2D eigenvalue weighted by atomic mass is 32.2. The van der Waals surface area contributed by atoms with E-state index >= 15 is 0 Å². The number of benzene rings is 2. The second-order valence-corrected chi connectivity index (χ2v) is 8.87. The molecule has 35 heavy (non-hydrogen) atoms. The number of nitrogens with one attached hydrogen (secondary N) is 2. The van der Waals surface area contributed by atoms with Gasteiger partial charge in [-0.05, 0) is 42.0 Å². The highest BCUT2D eigenvalue weighted by Gasteiger charge is 2.17. The Hall–Kier alpha value is -3.67. The van der Waals surface area contributed by atoms with Crippen LogP contribution in [0.2, 0.25) is 0 Å². The van der Waals surface area contributed by atoms with E-state index in [1.807, 2.05) is 59.1 Å². The first-order valence-corrected chi connectivity index (χ1v) is 12.4. The van der Waals surface area contributed by atoms with Crippen LogP contribution in [0.4, 0.5) is 17.3 Å². The maximum Gasteiger partial charge on any atom is 0.245 e. The number of hydrogen-bond donors (Lipinski definition) is 3. The molecule has 1 fully saturated rings. The van der Waals surface area contributed by atoms with Crippen molar-refractivity contribution in [1.82, 2.24) is 19.3 Å². The third-order valence-corrected chi connectivity index (χ3v) is 6.24. The Morgan fingerprint density at radius 3 is 2.74 bits per heavy atom. The summed E-state index contributed by atoms with van der Waals surface area (Å²) in [4.78, 5) is 6.72. The van der Waals surface area contributed by atoms with Crippen molar-refractivity contribution in [2.24, 2.45) is 0 Å². The zero-order valence-corrected chi connectivity index (χ0v) is 20.1. The van der Waals surface area contributed by atoms with E-state index in [1.54, 1.807) is 13.3 Å². The molecule has 2 N–H and O–H groups in total. The SMILES string of the molecule is COc1ccc(Nc2ncc3ccc(-c4cccc(CN[SH](=O)=O)c4)n3n2)cc1N1CCOCC1. The Morgan fingerprint density at radius 2 is 1.94 bits per heavy atom. The van der Waals surface area contributed by atoms with Crippen LogP contribution in [-0.4, -0.2) is 56.4 Å². The molecule has 0 saturated carbocycles. The Bertz CT molecular complexity index is 1410. The van der Waals surface area contributed by atoms with Crippen molar-refractivity contribution in [3.8, 4) is 17.0 Å². The van der Waals surface area contributed by atoms with Gasteiger partial charge in [-0.1, -0.05) is 18.2 Å². The molecule has 3 heterocycles. The van der Waals surface area contributed by atoms with Crippen LogP contribution in [0.1, 0.15) is 5.56 Å². The molecule has 0 aliphatic carbocycles. The van der Waals surface area contributed by atoms with E-state index in [-0.39, 0.29) is 6.54 Å². The molecule has 1 aliphatic heterocycles. The minimum atomic E-state index is -2.65. The van der Waals surface area contributed by atoms with E-state index in [0.717, 1.165) is 52.6 Å². The summed E-state index contributed by atoms with van der Waals surface area (Å²) < 4.78 is 37.1. The lowest BCUT2D eigenvalue weighted by Crippen LogP contribution is -2.36. The smallest absolute Gasteiger partial charge is 0.245 e. The maximum atomic E-state index is 10.9. The third-order valence-electron chi connectivity index (χ3n) is 5.82. The molecule has 4 aromatic rings. The van der Waals surface area contributed by atoms with Gasteiger partial charge in [0.05, 0.1) is 43.4 Å². The summed E-state index contributed by atoms with van der Waals surface area (Å²) >= 11 is 0. The third kappa shape index (κ3) is 5.21. The fourth-order valence-electron chi connectivity index (χ4n) is 4.12. The number of anilines is 3. The molecule has 1 aliphatic rings. The van der Waals surface area contributed by atoms with Gasteiger partial charge >= 0.3 is 0 Å². The van der Waals surface area contributed by atoms with E-state index in [4.69, 9.17) is 14.6 Å². The molecule has 5 rings (SSSR count). The molecule has 2 aromatic carbocycles. The molecular formula is C24H26N6O4S. The zero-order valence-electron chi connectivity index (χ0n) is 19.2. The Morgan fingerprint density at radius 1 is 1.09 bits per heavy atom. The fraction of sp³-hybridized carbons (Fsp3) is 0.250. The van der Waals surface area contributed by atoms with Crippen LogP contribution in [-0.2, 0) is 22.2 Å². The molecule has 0 spiro atoms. The van der Waals surface area contributed by atoms with Crippen LogP contribution in [0, 0.1) is 0 Å². The number of nitrogens with zero attached hydrogens (tertiary/aromatic N) is 4. The van der Waals surface area contributed by atoms with Gasteiger partial charge in [0.1, 0.15) is 5.75 Å². The number of morpholine rings is 1. The Balaban J connectivity index is 1.43.